The lowest BCUT2D eigenvalue weighted by Gasteiger charge is -2.21. The summed E-state index contributed by atoms with van der Waals surface area (Å²) in [5, 5.41) is 0. The highest BCUT2D eigenvalue weighted by Gasteiger charge is 2.23. The van der Waals surface area contributed by atoms with E-state index in [1.807, 2.05) is 31.2 Å². The van der Waals surface area contributed by atoms with Gasteiger partial charge in [-0.2, -0.15) is 0 Å². The average Bonchev–Trinajstić information content (AvgIpc) is 2.78. The van der Waals surface area contributed by atoms with Gasteiger partial charge in [-0.25, -0.2) is 8.42 Å². The summed E-state index contributed by atoms with van der Waals surface area (Å²) in [5.41, 5.74) is 2.23. The molecule has 8 heteroatoms. The zero-order chi connectivity index (χ0) is 22.0. The predicted molar refractivity (Wildman–Crippen MR) is 119 cm³/mol. The first-order chi connectivity index (χ1) is 14.8. The van der Waals surface area contributed by atoms with Crippen LogP contribution < -0.4 is 19.1 Å². The first-order valence-corrected chi connectivity index (χ1v) is 11.2. The molecule has 0 saturated carbocycles. The van der Waals surface area contributed by atoms with Crippen LogP contribution in [0.1, 0.15) is 15.9 Å². The molecule has 4 rings (SSSR count). The van der Waals surface area contributed by atoms with Crippen molar-refractivity contribution in [2.75, 3.05) is 29.9 Å². The molecule has 1 aliphatic heterocycles. The monoisotopic (exact) mass is 438 g/mol. The first kappa shape index (κ1) is 20.7. The van der Waals surface area contributed by atoms with Crippen LogP contribution in [0.5, 0.6) is 11.5 Å². The maximum Gasteiger partial charge on any atom is 0.262 e. The SMILES string of the molecule is Cc1ccc(N(C)C(=O)c2ccccc2NS(=O)(=O)c2ccc3c(c2)OCCO3)cc1. The zero-order valence-electron chi connectivity index (χ0n) is 17.2. The number of hydrogen-bond acceptors (Lipinski definition) is 5. The van der Waals surface area contributed by atoms with E-state index in [0.29, 0.717) is 30.4 Å². The number of nitrogens with one attached hydrogen (secondary N) is 1. The van der Waals surface area contributed by atoms with Crippen LogP contribution in [-0.4, -0.2) is 34.6 Å². The molecule has 160 valence electrons. The molecule has 3 aromatic carbocycles. The Balaban J connectivity index is 1.62. The van der Waals surface area contributed by atoms with Gasteiger partial charge in [0.1, 0.15) is 13.2 Å². The second-order valence-electron chi connectivity index (χ2n) is 7.16. The van der Waals surface area contributed by atoms with Crippen LogP contribution in [0.25, 0.3) is 0 Å². The second-order valence-corrected chi connectivity index (χ2v) is 8.84. The van der Waals surface area contributed by atoms with E-state index in [9.17, 15) is 13.2 Å². The maximum absolute atomic E-state index is 13.1. The Hall–Kier alpha value is -3.52. The molecule has 0 fully saturated rings. The minimum atomic E-state index is -3.96. The lowest BCUT2D eigenvalue weighted by atomic mass is 10.1. The molecule has 0 unspecified atom stereocenters. The lowest BCUT2D eigenvalue weighted by molar-refractivity contribution is 0.0994. The number of rotatable bonds is 5. The largest absolute Gasteiger partial charge is 0.486 e. The van der Waals surface area contributed by atoms with E-state index in [1.165, 1.54) is 17.0 Å². The summed E-state index contributed by atoms with van der Waals surface area (Å²) in [6, 6.07) is 18.4. The van der Waals surface area contributed by atoms with Crippen LogP contribution >= 0.6 is 0 Å². The van der Waals surface area contributed by atoms with Gasteiger partial charge in [0.15, 0.2) is 11.5 Å². The zero-order valence-corrected chi connectivity index (χ0v) is 18.0. The van der Waals surface area contributed by atoms with Crippen LogP contribution in [0.15, 0.2) is 71.6 Å². The van der Waals surface area contributed by atoms with Crippen LogP contribution in [0.2, 0.25) is 0 Å². The van der Waals surface area contributed by atoms with Crippen molar-refractivity contribution < 1.29 is 22.7 Å². The standard InChI is InChI=1S/C23H22N2O5S/c1-16-7-9-17(10-8-16)25(2)23(26)19-5-3-4-6-20(19)24-31(27,28)18-11-12-21-22(15-18)30-14-13-29-21/h3-12,15,24H,13-14H2,1-2H3. The van der Waals surface area contributed by atoms with Gasteiger partial charge in [-0.3, -0.25) is 9.52 Å². The third-order valence-electron chi connectivity index (χ3n) is 4.95. The topological polar surface area (TPSA) is 84.9 Å². The van der Waals surface area contributed by atoms with E-state index < -0.39 is 10.0 Å². The van der Waals surface area contributed by atoms with Crippen molar-refractivity contribution in [1.82, 2.24) is 0 Å². The van der Waals surface area contributed by atoms with Crippen LogP contribution in [0, 0.1) is 6.92 Å². The Labute approximate surface area is 181 Å². The van der Waals surface area contributed by atoms with Crippen molar-refractivity contribution in [2.45, 2.75) is 11.8 Å². The first-order valence-electron chi connectivity index (χ1n) is 9.71. The fourth-order valence-electron chi connectivity index (χ4n) is 3.22. The van der Waals surface area contributed by atoms with Gasteiger partial charge in [0.2, 0.25) is 0 Å². The molecule has 0 aliphatic carbocycles. The average molecular weight is 439 g/mol. The number of benzene rings is 3. The van der Waals surface area contributed by atoms with Crippen LogP contribution in [0.4, 0.5) is 11.4 Å². The quantitative estimate of drug-likeness (QED) is 0.654. The second kappa shape index (κ2) is 8.31. The van der Waals surface area contributed by atoms with Gasteiger partial charge in [-0.1, -0.05) is 29.8 Å². The van der Waals surface area contributed by atoms with Crippen LogP contribution in [0.3, 0.4) is 0 Å². The number of carbonyl (C=O) groups is 1. The van der Waals surface area contributed by atoms with Crippen molar-refractivity contribution >= 4 is 27.3 Å². The molecule has 1 amide bonds. The molecular formula is C23H22N2O5S. The van der Waals surface area contributed by atoms with E-state index in [2.05, 4.69) is 4.72 Å². The van der Waals surface area contributed by atoms with Crippen molar-refractivity contribution in [3.8, 4) is 11.5 Å². The summed E-state index contributed by atoms with van der Waals surface area (Å²) in [5.74, 6) is 0.544. The molecule has 0 atom stereocenters. The fraction of sp³-hybridized carbons (Fsp3) is 0.174. The summed E-state index contributed by atoms with van der Waals surface area (Å²) in [4.78, 5) is 14.6. The van der Waals surface area contributed by atoms with E-state index in [4.69, 9.17) is 9.47 Å². The molecule has 0 radical (unpaired) electrons. The molecule has 0 bridgehead atoms. The van der Waals surface area contributed by atoms with E-state index in [-0.39, 0.29) is 22.1 Å². The summed E-state index contributed by atoms with van der Waals surface area (Å²) < 4.78 is 39.5. The van der Waals surface area contributed by atoms with Crippen molar-refractivity contribution in [2.24, 2.45) is 0 Å². The lowest BCUT2D eigenvalue weighted by Crippen LogP contribution is -2.27. The Morgan fingerprint density at radius 3 is 2.35 bits per heavy atom. The molecule has 31 heavy (non-hydrogen) atoms. The number of fused-ring (bicyclic) bond motifs is 1. The molecule has 0 aromatic heterocycles. The number of sulfonamides is 1. The molecule has 0 spiro atoms. The van der Waals surface area contributed by atoms with Gasteiger partial charge in [-0.05, 0) is 43.3 Å². The Morgan fingerprint density at radius 1 is 0.935 bits per heavy atom. The van der Waals surface area contributed by atoms with Gasteiger partial charge in [-0.15, -0.1) is 0 Å². The highest BCUT2D eigenvalue weighted by atomic mass is 32.2. The number of nitrogens with zero attached hydrogens (tertiary/aromatic N) is 1. The maximum atomic E-state index is 13.1. The number of hydrogen-bond donors (Lipinski definition) is 1. The number of anilines is 2. The van der Waals surface area contributed by atoms with E-state index >= 15 is 0 Å². The summed E-state index contributed by atoms with van der Waals surface area (Å²) in [6.45, 7) is 2.74. The molecule has 1 N–H and O–H groups in total. The molecule has 0 saturated heterocycles. The van der Waals surface area contributed by atoms with Gasteiger partial charge in [0.05, 0.1) is 16.1 Å². The number of carbonyl (C=O) groups excluding carboxylic acids is 1. The molecule has 3 aromatic rings. The minimum absolute atomic E-state index is 0.0193. The smallest absolute Gasteiger partial charge is 0.262 e. The Bertz CT molecular complexity index is 1220. The van der Waals surface area contributed by atoms with E-state index in [0.717, 1.165) is 5.56 Å². The fourth-order valence-corrected chi connectivity index (χ4v) is 4.31. The Morgan fingerprint density at radius 2 is 1.61 bits per heavy atom. The minimum Gasteiger partial charge on any atom is -0.486 e. The predicted octanol–water partition coefficient (Wildman–Crippen LogP) is 3.84. The van der Waals surface area contributed by atoms with Crippen molar-refractivity contribution in [3.63, 3.8) is 0 Å². The van der Waals surface area contributed by atoms with Gasteiger partial charge in [0.25, 0.3) is 15.9 Å². The van der Waals surface area contributed by atoms with Crippen molar-refractivity contribution in [3.05, 3.63) is 77.9 Å². The highest BCUT2D eigenvalue weighted by Crippen LogP contribution is 2.33. The molecule has 7 nitrogen and oxygen atoms in total. The Kier molecular flexibility index (Phi) is 5.56. The number of ether oxygens (including phenoxy) is 2. The van der Waals surface area contributed by atoms with Gasteiger partial charge < -0.3 is 14.4 Å². The van der Waals surface area contributed by atoms with Crippen LogP contribution in [-0.2, 0) is 10.0 Å². The van der Waals surface area contributed by atoms with E-state index in [1.54, 1.807) is 37.4 Å². The third-order valence-corrected chi connectivity index (χ3v) is 6.31. The third kappa shape index (κ3) is 4.34. The number of aryl methyl sites for hydroxylation is 1. The van der Waals surface area contributed by atoms with Gasteiger partial charge >= 0.3 is 0 Å². The highest BCUT2D eigenvalue weighted by molar-refractivity contribution is 7.92. The number of amides is 1. The van der Waals surface area contributed by atoms with Gasteiger partial charge in [0, 0.05) is 18.8 Å². The molecule has 1 aliphatic rings. The number of para-hydroxylation sites is 1. The van der Waals surface area contributed by atoms with Crippen molar-refractivity contribution in [1.29, 1.82) is 0 Å². The normalized spacial score (nSPS) is 12.8. The summed E-state index contributed by atoms with van der Waals surface area (Å²) >= 11 is 0. The molecule has 1 heterocycles. The summed E-state index contributed by atoms with van der Waals surface area (Å²) in [6.07, 6.45) is 0. The summed E-state index contributed by atoms with van der Waals surface area (Å²) in [7, 11) is -2.30. The molecular weight excluding hydrogens is 416 g/mol.